The van der Waals surface area contributed by atoms with Gasteiger partial charge in [0.15, 0.2) is 5.82 Å². The van der Waals surface area contributed by atoms with Crippen LogP contribution < -0.4 is 4.74 Å². The highest BCUT2D eigenvalue weighted by Gasteiger charge is 2.47. The Labute approximate surface area is 200 Å². The molecule has 5 heteroatoms. The maximum absolute atomic E-state index is 5.97. The van der Waals surface area contributed by atoms with Crippen LogP contribution in [0.2, 0.25) is 0 Å². The SMILES string of the molecule is C/C=C(\C)c1nc(C(C)(c2ccc(-c3cncc(OCc4ccccc4)c3)cc2)C2CC2)no1. The second kappa shape index (κ2) is 9.26. The Bertz CT molecular complexity index is 1290. The normalized spacial score (nSPS) is 15.7. The molecule has 4 aromatic rings. The lowest BCUT2D eigenvalue weighted by Gasteiger charge is -2.27. The molecular weight excluding hydrogens is 422 g/mol. The molecular formula is C29H29N3O2. The minimum Gasteiger partial charge on any atom is -0.487 e. The largest absolute Gasteiger partial charge is 0.487 e. The number of benzene rings is 2. The van der Waals surface area contributed by atoms with Crippen LogP contribution in [-0.4, -0.2) is 15.1 Å². The predicted molar refractivity (Wildman–Crippen MR) is 133 cm³/mol. The Kier molecular flexibility index (Phi) is 6.01. The van der Waals surface area contributed by atoms with Crippen molar-refractivity contribution < 1.29 is 9.26 Å². The van der Waals surface area contributed by atoms with Crippen molar-refractivity contribution in [1.29, 1.82) is 0 Å². The van der Waals surface area contributed by atoms with Gasteiger partial charge in [-0.3, -0.25) is 4.98 Å². The molecule has 1 aliphatic rings. The van der Waals surface area contributed by atoms with Gasteiger partial charge >= 0.3 is 0 Å². The first-order valence-electron chi connectivity index (χ1n) is 11.8. The Hall–Kier alpha value is -3.73. The molecule has 0 saturated heterocycles. The molecule has 1 aliphatic carbocycles. The van der Waals surface area contributed by atoms with Gasteiger partial charge in [-0.25, -0.2) is 0 Å². The topological polar surface area (TPSA) is 61.0 Å². The van der Waals surface area contributed by atoms with Gasteiger partial charge in [0.2, 0.25) is 0 Å². The predicted octanol–water partition coefficient (Wildman–Crippen LogP) is 6.85. The first kappa shape index (κ1) is 22.1. The van der Waals surface area contributed by atoms with Crippen molar-refractivity contribution >= 4 is 5.57 Å². The molecule has 1 atom stereocenters. The maximum Gasteiger partial charge on any atom is 0.253 e. The molecule has 172 valence electrons. The van der Waals surface area contributed by atoms with Crippen molar-refractivity contribution in [3.05, 3.63) is 102 Å². The zero-order valence-electron chi connectivity index (χ0n) is 19.9. The van der Waals surface area contributed by atoms with Crippen molar-refractivity contribution in [1.82, 2.24) is 15.1 Å². The number of ether oxygens (including phenoxy) is 1. The van der Waals surface area contributed by atoms with E-state index in [0.717, 1.165) is 33.8 Å². The number of hydrogen-bond donors (Lipinski definition) is 0. The third-order valence-electron chi connectivity index (χ3n) is 6.83. The number of hydrogen-bond acceptors (Lipinski definition) is 5. The van der Waals surface area contributed by atoms with E-state index in [4.69, 9.17) is 14.2 Å². The molecule has 0 amide bonds. The van der Waals surface area contributed by atoms with Gasteiger partial charge < -0.3 is 9.26 Å². The fraction of sp³-hybridized carbons (Fsp3) is 0.276. The molecule has 2 heterocycles. The van der Waals surface area contributed by atoms with Gasteiger partial charge in [0.1, 0.15) is 12.4 Å². The number of aromatic nitrogens is 3. The Morgan fingerprint density at radius 3 is 2.53 bits per heavy atom. The summed E-state index contributed by atoms with van der Waals surface area (Å²) >= 11 is 0. The molecule has 2 aromatic heterocycles. The maximum atomic E-state index is 5.97. The molecule has 0 radical (unpaired) electrons. The smallest absolute Gasteiger partial charge is 0.253 e. The second-order valence-corrected chi connectivity index (χ2v) is 9.13. The highest BCUT2D eigenvalue weighted by molar-refractivity contribution is 5.64. The number of allylic oxidation sites excluding steroid dienone is 2. The molecule has 1 unspecified atom stereocenters. The Balaban J connectivity index is 1.38. The average molecular weight is 452 g/mol. The molecule has 0 N–H and O–H groups in total. The summed E-state index contributed by atoms with van der Waals surface area (Å²) in [4.78, 5) is 9.15. The average Bonchev–Trinajstić information content (AvgIpc) is 3.64. The fourth-order valence-corrected chi connectivity index (χ4v) is 4.33. The lowest BCUT2D eigenvalue weighted by molar-refractivity contribution is 0.305. The second-order valence-electron chi connectivity index (χ2n) is 9.13. The third kappa shape index (κ3) is 4.38. The monoisotopic (exact) mass is 451 g/mol. The first-order valence-corrected chi connectivity index (χ1v) is 11.8. The summed E-state index contributed by atoms with van der Waals surface area (Å²) in [5, 5.41) is 4.38. The third-order valence-corrected chi connectivity index (χ3v) is 6.83. The van der Waals surface area contributed by atoms with Crippen molar-refractivity contribution in [2.24, 2.45) is 5.92 Å². The molecule has 1 fully saturated rings. The van der Waals surface area contributed by atoms with Crippen molar-refractivity contribution in [2.75, 3.05) is 0 Å². The van der Waals surface area contributed by atoms with E-state index in [0.29, 0.717) is 18.4 Å². The van der Waals surface area contributed by atoms with E-state index in [1.807, 2.05) is 50.4 Å². The molecule has 5 nitrogen and oxygen atoms in total. The summed E-state index contributed by atoms with van der Waals surface area (Å²) in [6.07, 6.45) is 7.97. The van der Waals surface area contributed by atoms with Gasteiger partial charge in [-0.1, -0.05) is 65.8 Å². The van der Waals surface area contributed by atoms with Crippen LogP contribution in [0.25, 0.3) is 16.7 Å². The molecule has 1 saturated carbocycles. The molecule has 2 aromatic carbocycles. The standard InChI is InChI=1S/C29H29N3O2/c1-4-20(2)27-31-28(32-34-27)29(3,25-14-15-25)24-12-10-22(11-13-24)23-16-26(18-30-17-23)33-19-21-8-6-5-7-9-21/h4-13,16-18,25H,14-15,19H2,1-3H3/b20-4+. The summed E-state index contributed by atoms with van der Waals surface area (Å²) in [6.45, 7) is 6.73. The fourth-order valence-electron chi connectivity index (χ4n) is 4.33. The van der Waals surface area contributed by atoms with E-state index in [1.54, 1.807) is 6.20 Å². The van der Waals surface area contributed by atoms with Crippen LogP contribution >= 0.6 is 0 Å². The van der Waals surface area contributed by atoms with E-state index in [2.05, 4.69) is 53.5 Å². The van der Waals surface area contributed by atoms with Crippen LogP contribution in [0, 0.1) is 5.92 Å². The van der Waals surface area contributed by atoms with Gasteiger partial charge in [0.05, 0.1) is 11.6 Å². The van der Waals surface area contributed by atoms with Crippen LogP contribution in [0.4, 0.5) is 0 Å². The molecule has 5 rings (SSSR count). The highest BCUT2D eigenvalue weighted by Crippen LogP contribution is 2.50. The van der Waals surface area contributed by atoms with E-state index >= 15 is 0 Å². The quantitative estimate of drug-likeness (QED) is 0.293. The van der Waals surface area contributed by atoms with E-state index < -0.39 is 0 Å². The van der Waals surface area contributed by atoms with E-state index in [9.17, 15) is 0 Å². The zero-order valence-corrected chi connectivity index (χ0v) is 19.9. The lowest BCUT2D eigenvalue weighted by atomic mass is 9.76. The molecule has 0 spiro atoms. The van der Waals surface area contributed by atoms with E-state index in [1.165, 1.54) is 18.4 Å². The van der Waals surface area contributed by atoms with Crippen molar-refractivity contribution in [2.45, 2.75) is 45.6 Å². The number of nitrogens with zero attached hydrogens (tertiary/aromatic N) is 3. The van der Waals surface area contributed by atoms with Crippen LogP contribution in [-0.2, 0) is 12.0 Å². The van der Waals surface area contributed by atoms with E-state index in [-0.39, 0.29) is 5.41 Å². The summed E-state index contributed by atoms with van der Waals surface area (Å²) in [6, 6.07) is 20.8. The van der Waals surface area contributed by atoms with Crippen LogP contribution in [0.1, 0.15) is 56.5 Å². The number of rotatable bonds is 8. The molecule has 34 heavy (non-hydrogen) atoms. The first-order chi connectivity index (χ1) is 16.6. The van der Waals surface area contributed by atoms with Gasteiger partial charge in [0, 0.05) is 17.3 Å². The summed E-state index contributed by atoms with van der Waals surface area (Å²) in [5.74, 6) is 2.63. The summed E-state index contributed by atoms with van der Waals surface area (Å²) in [5.41, 5.74) is 5.18. The minimum absolute atomic E-state index is 0.271. The van der Waals surface area contributed by atoms with Gasteiger partial charge in [-0.05, 0) is 62.3 Å². The van der Waals surface area contributed by atoms with Gasteiger partial charge in [-0.15, -0.1) is 0 Å². The van der Waals surface area contributed by atoms with Crippen molar-refractivity contribution in [3.8, 4) is 16.9 Å². The minimum atomic E-state index is -0.271. The highest BCUT2D eigenvalue weighted by atomic mass is 16.5. The summed E-state index contributed by atoms with van der Waals surface area (Å²) < 4.78 is 11.5. The molecule has 0 bridgehead atoms. The lowest BCUT2D eigenvalue weighted by Crippen LogP contribution is -2.28. The van der Waals surface area contributed by atoms with Crippen LogP contribution in [0.15, 0.2) is 83.7 Å². The zero-order chi connectivity index (χ0) is 23.5. The van der Waals surface area contributed by atoms with Crippen molar-refractivity contribution in [3.63, 3.8) is 0 Å². The van der Waals surface area contributed by atoms with Gasteiger partial charge in [-0.2, -0.15) is 4.98 Å². The Morgan fingerprint density at radius 2 is 1.82 bits per heavy atom. The Morgan fingerprint density at radius 1 is 1.06 bits per heavy atom. The van der Waals surface area contributed by atoms with Gasteiger partial charge in [0.25, 0.3) is 5.89 Å². The number of pyridine rings is 1. The van der Waals surface area contributed by atoms with Crippen LogP contribution in [0.5, 0.6) is 5.75 Å². The van der Waals surface area contributed by atoms with Crippen LogP contribution in [0.3, 0.4) is 0 Å². The molecule has 0 aliphatic heterocycles. The summed E-state index contributed by atoms with van der Waals surface area (Å²) in [7, 11) is 0.